The van der Waals surface area contributed by atoms with Crippen molar-refractivity contribution in [2.24, 2.45) is 12.8 Å². The summed E-state index contributed by atoms with van der Waals surface area (Å²) in [4.78, 5) is 11.2. The van der Waals surface area contributed by atoms with Crippen molar-refractivity contribution in [3.8, 4) is 0 Å². The first-order valence-electron chi connectivity index (χ1n) is 3.58. The number of aromatic nitrogens is 2. The molecule has 0 unspecified atom stereocenters. The van der Waals surface area contributed by atoms with E-state index in [0.29, 0.717) is 5.69 Å². The minimum atomic E-state index is -0.614. The Morgan fingerprint density at radius 1 is 1.58 bits per heavy atom. The number of nitrogens with two attached hydrogens (primary N) is 1. The Kier molecular flexibility index (Phi) is 2.06. The highest BCUT2D eigenvalue weighted by Crippen LogP contribution is 2.19. The molecule has 3 N–H and O–H groups in total. The van der Waals surface area contributed by atoms with E-state index >= 15 is 0 Å². The smallest absolute Gasteiger partial charge is 0.285 e. The van der Waals surface area contributed by atoms with Gasteiger partial charge in [-0.15, -0.1) is 0 Å². The fourth-order valence-electron chi connectivity index (χ4n) is 0.949. The number of nitrogens with zero attached hydrogens (tertiary/aromatic N) is 1. The molecule has 0 amide bonds. The summed E-state index contributed by atoms with van der Waals surface area (Å²) in [6.07, 6.45) is 0. The van der Waals surface area contributed by atoms with Crippen LogP contribution in [0.2, 0.25) is 5.02 Å². The average molecular weight is 190 g/mol. The van der Waals surface area contributed by atoms with Crippen LogP contribution < -0.4 is 11.3 Å². The molecule has 4 nitrogen and oxygen atoms in total. The van der Waals surface area contributed by atoms with E-state index in [4.69, 9.17) is 17.3 Å². The van der Waals surface area contributed by atoms with Gasteiger partial charge in [0.05, 0.1) is 11.2 Å². The molecule has 1 rings (SSSR count). The van der Waals surface area contributed by atoms with Gasteiger partial charge in [0, 0.05) is 7.05 Å². The Bertz CT molecular complexity index is 345. The number of hydrogen-bond donors (Lipinski definition) is 2. The molecule has 0 atom stereocenters. The maximum absolute atomic E-state index is 11.2. The first kappa shape index (κ1) is 9.35. The summed E-state index contributed by atoms with van der Waals surface area (Å²) in [5.41, 5.74) is 5.48. The van der Waals surface area contributed by atoms with Crippen LogP contribution in [0, 0.1) is 0 Å². The Balaban J connectivity index is 3.38. The minimum absolute atomic E-state index is 0.171. The molecule has 1 aromatic rings. The normalized spacial score (nSPS) is 12.1. The van der Waals surface area contributed by atoms with Crippen molar-refractivity contribution < 1.29 is 0 Å². The number of nitrogens with one attached hydrogen (secondary N) is 1. The van der Waals surface area contributed by atoms with Gasteiger partial charge >= 0.3 is 0 Å². The highest BCUT2D eigenvalue weighted by atomic mass is 35.5. The van der Waals surface area contributed by atoms with E-state index in [0.717, 1.165) is 0 Å². The molecule has 0 aliphatic heterocycles. The maximum atomic E-state index is 11.2. The summed E-state index contributed by atoms with van der Waals surface area (Å²) in [6.45, 7) is 3.56. The predicted molar refractivity (Wildman–Crippen MR) is 48.3 cm³/mol. The molecule has 68 valence electrons. The van der Waals surface area contributed by atoms with Crippen molar-refractivity contribution >= 4 is 11.6 Å². The highest BCUT2D eigenvalue weighted by molar-refractivity contribution is 6.31. The maximum Gasteiger partial charge on any atom is 0.285 e. The molecule has 0 bridgehead atoms. The zero-order valence-electron chi connectivity index (χ0n) is 7.31. The van der Waals surface area contributed by atoms with Gasteiger partial charge in [0.15, 0.2) is 0 Å². The lowest BCUT2D eigenvalue weighted by Crippen LogP contribution is -2.29. The number of rotatable bonds is 1. The van der Waals surface area contributed by atoms with Crippen molar-refractivity contribution in [1.29, 1.82) is 0 Å². The van der Waals surface area contributed by atoms with E-state index in [-0.39, 0.29) is 10.6 Å². The Morgan fingerprint density at radius 2 is 2.08 bits per heavy atom. The molecule has 0 saturated heterocycles. The largest absolute Gasteiger partial charge is 0.321 e. The van der Waals surface area contributed by atoms with Crippen LogP contribution in [-0.4, -0.2) is 9.78 Å². The summed E-state index contributed by atoms with van der Waals surface area (Å²) in [5.74, 6) is 0. The zero-order valence-corrected chi connectivity index (χ0v) is 8.07. The zero-order chi connectivity index (χ0) is 9.52. The van der Waals surface area contributed by atoms with Crippen LogP contribution in [0.5, 0.6) is 0 Å². The topological polar surface area (TPSA) is 63.8 Å². The fourth-order valence-corrected chi connectivity index (χ4v) is 1.36. The predicted octanol–water partition coefficient (Wildman–Crippen LogP) is 0.561. The summed E-state index contributed by atoms with van der Waals surface area (Å²) >= 11 is 5.75. The number of aromatic amines is 1. The first-order chi connectivity index (χ1) is 5.34. The summed E-state index contributed by atoms with van der Waals surface area (Å²) in [6, 6.07) is 0. The molecule has 1 aromatic heterocycles. The first-order valence-corrected chi connectivity index (χ1v) is 3.95. The lowest BCUT2D eigenvalue weighted by Gasteiger charge is -2.16. The van der Waals surface area contributed by atoms with Crippen molar-refractivity contribution in [2.45, 2.75) is 19.4 Å². The molecule has 5 heteroatoms. The van der Waals surface area contributed by atoms with Gasteiger partial charge in [-0.2, -0.15) is 0 Å². The molecule has 0 fully saturated rings. The van der Waals surface area contributed by atoms with Crippen molar-refractivity contribution in [1.82, 2.24) is 9.78 Å². The van der Waals surface area contributed by atoms with Crippen molar-refractivity contribution in [2.75, 3.05) is 0 Å². The van der Waals surface area contributed by atoms with Crippen LogP contribution in [-0.2, 0) is 12.6 Å². The molecule has 0 aliphatic carbocycles. The molecule has 12 heavy (non-hydrogen) atoms. The van der Waals surface area contributed by atoms with E-state index in [9.17, 15) is 4.79 Å². The fraction of sp³-hybridized carbons (Fsp3) is 0.571. The van der Waals surface area contributed by atoms with Crippen LogP contribution in [0.15, 0.2) is 4.79 Å². The van der Waals surface area contributed by atoms with E-state index in [1.807, 2.05) is 0 Å². The average Bonchev–Trinajstić information content (AvgIpc) is 2.15. The molecule has 0 aliphatic rings. The lowest BCUT2D eigenvalue weighted by molar-refractivity contribution is 0.522. The van der Waals surface area contributed by atoms with Crippen LogP contribution in [0.3, 0.4) is 0 Å². The highest BCUT2D eigenvalue weighted by Gasteiger charge is 2.22. The van der Waals surface area contributed by atoms with E-state index < -0.39 is 5.54 Å². The monoisotopic (exact) mass is 189 g/mol. The molecular weight excluding hydrogens is 178 g/mol. The standard InChI is InChI=1S/C7H12ClN3O/c1-7(2,9)5-4(8)6(12)11(3)10-5/h10H,9H2,1-3H3. The van der Waals surface area contributed by atoms with E-state index in [1.54, 1.807) is 20.9 Å². The minimum Gasteiger partial charge on any atom is -0.321 e. The number of H-pyrrole nitrogens is 1. The summed E-state index contributed by atoms with van der Waals surface area (Å²) < 4.78 is 1.31. The van der Waals surface area contributed by atoms with Gasteiger partial charge in [0.1, 0.15) is 5.02 Å². The number of aryl methyl sites for hydroxylation is 1. The van der Waals surface area contributed by atoms with Crippen LogP contribution >= 0.6 is 11.6 Å². The second-order valence-electron chi connectivity index (χ2n) is 3.39. The second-order valence-corrected chi connectivity index (χ2v) is 3.76. The van der Waals surface area contributed by atoms with Gasteiger partial charge < -0.3 is 5.73 Å². The molecule has 1 heterocycles. The van der Waals surface area contributed by atoms with Gasteiger partial charge in [-0.25, -0.2) is 0 Å². The van der Waals surface area contributed by atoms with Crippen molar-refractivity contribution in [3.05, 3.63) is 21.1 Å². The van der Waals surface area contributed by atoms with Crippen LogP contribution in [0.25, 0.3) is 0 Å². The van der Waals surface area contributed by atoms with Crippen molar-refractivity contribution in [3.63, 3.8) is 0 Å². The lowest BCUT2D eigenvalue weighted by atomic mass is 10.0. The third-order valence-corrected chi connectivity index (χ3v) is 1.99. The summed E-state index contributed by atoms with van der Waals surface area (Å²) in [5, 5.41) is 2.97. The molecule has 0 spiro atoms. The van der Waals surface area contributed by atoms with Gasteiger partial charge in [0.25, 0.3) is 5.56 Å². The third kappa shape index (κ3) is 1.40. The van der Waals surface area contributed by atoms with E-state index in [1.165, 1.54) is 4.68 Å². The molecule has 0 radical (unpaired) electrons. The van der Waals surface area contributed by atoms with Gasteiger partial charge in [-0.1, -0.05) is 11.6 Å². The van der Waals surface area contributed by atoms with Crippen LogP contribution in [0.4, 0.5) is 0 Å². The SMILES string of the molecule is Cn1[nH]c(C(C)(C)N)c(Cl)c1=O. The molecule has 0 aromatic carbocycles. The van der Waals surface area contributed by atoms with Gasteiger partial charge in [0.2, 0.25) is 0 Å². The third-order valence-electron chi connectivity index (χ3n) is 1.64. The van der Waals surface area contributed by atoms with Gasteiger partial charge in [-0.3, -0.25) is 14.6 Å². The Morgan fingerprint density at radius 3 is 2.25 bits per heavy atom. The van der Waals surface area contributed by atoms with Gasteiger partial charge in [-0.05, 0) is 13.8 Å². The molecule has 0 saturated carbocycles. The quantitative estimate of drug-likeness (QED) is 0.678. The second kappa shape index (κ2) is 2.64. The number of halogens is 1. The summed E-state index contributed by atoms with van der Waals surface area (Å²) in [7, 11) is 1.60. The van der Waals surface area contributed by atoms with E-state index in [2.05, 4.69) is 5.10 Å². The van der Waals surface area contributed by atoms with Crippen LogP contribution in [0.1, 0.15) is 19.5 Å². The Labute approximate surface area is 75.3 Å². The number of hydrogen-bond acceptors (Lipinski definition) is 2. The molecular formula is C7H12ClN3O. The Hall–Kier alpha value is -0.740.